The maximum atomic E-state index is 9.93. The number of hydrogen-bond donors (Lipinski definition) is 1. The monoisotopic (exact) mass is 234 g/mol. The largest absolute Gasteiger partial charge is 0.458 e. The second-order valence-corrected chi connectivity index (χ2v) is 4.20. The first-order valence-electron chi connectivity index (χ1n) is 5.69. The van der Waals surface area contributed by atoms with Crippen LogP contribution in [0.4, 0.5) is 0 Å². The van der Waals surface area contributed by atoms with Gasteiger partial charge in [0.15, 0.2) is 0 Å². The third-order valence-corrected chi connectivity index (χ3v) is 2.87. The van der Waals surface area contributed by atoms with Gasteiger partial charge in [-0.2, -0.15) is 0 Å². The molecule has 4 heteroatoms. The molecule has 4 nitrogen and oxygen atoms in total. The molecule has 0 aliphatic carbocycles. The molecule has 17 heavy (non-hydrogen) atoms. The summed E-state index contributed by atoms with van der Waals surface area (Å²) in [5.74, 6) is 0.548. The fourth-order valence-corrected chi connectivity index (χ4v) is 1.79. The molecule has 1 aromatic heterocycles. The van der Waals surface area contributed by atoms with E-state index >= 15 is 0 Å². The predicted molar refractivity (Wildman–Crippen MR) is 61.7 cm³/mol. The first-order valence-corrected chi connectivity index (χ1v) is 5.69. The zero-order valence-electron chi connectivity index (χ0n) is 9.33. The van der Waals surface area contributed by atoms with Gasteiger partial charge in [-0.3, -0.25) is 0 Å². The average molecular weight is 234 g/mol. The summed E-state index contributed by atoms with van der Waals surface area (Å²) in [6.07, 6.45) is -0.600. The molecule has 1 aliphatic rings. The molecule has 1 atom stereocenters. The van der Waals surface area contributed by atoms with E-state index in [1.165, 1.54) is 0 Å². The molecule has 1 N–H and O–H groups in total. The van der Waals surface area contributed by atoms with E-state index in [4.69, 9.17) is 13.9 Å². The Morgan fingerprint density at radius 3 is 2.88 bits per heavy atom. The highest BCUT2D eigenvalue weighted by Gasteiger charge is 2.21. The zero-order chi connectivity index (χ0) is 11.7. The first kappa shape index (κ1) is 10.8. The summed E-state index contributed by atoms with van der Waals surface area (Å²) in [7, 11) is 0. The third-order valence-electron chi connectivity index (χ3n) is 2.87. The van der Waals surface area contributed by atoms with Crippen molar-refractivity contribution in [2.24, 2.45) is 0 Å². The van der Waals surface area contributed by atoms with E-state index in [0.29, 0.717) is 19.0 Å². The minimum Gasteiger partial charge on any atom is -0.458 e. The number of ether oxygens (including phenoxy) is 2. The number of aliphatic hydroxyl groups is 1. The minimum atomic E-state index is -0.719. The lowest BCUT2D eigenvalue weighted by Gasteiger charge is -2.26. The Labute approximate surface area is 98.7 Å². The number of fused-ring (bicyclic) bond motifs is 1. The fourth-order valence-electron chi connectivity index (χ4n) is 1.79. The van der Waals surface area contributed by atoms with Gasteiger partial charge >= 0.3 is 0 Å². The minimum absolute atomic E-state index is 0.119. The molecule has 1 saturated heterocycles. The van der Waals surface area contributed by atoms with E-state index in [1.807, 2.05) is 30.3 Å². The molecule has 1 fully saturated rings. The van der Waals surface area contributed by atoms with Gasteiger partial charge in [-0.05, 0) is 12.1 Å². The maximum Gasteiger partial charge on any atom is 0.136 e. The van der Waals surface area contributed by atoms with Gasteiger partial charge in [0.2, 0.25) is 0 Å². The van der Waals surface area contributed by atoms with Gasteiger partial charge in [0.1, 0.15) is 23.6 Å². The summed E-state index contributed by atoms with van der Waals surface area (Å²) in [5.41, 5.74) is 0.786. The van der Waals surface area contributed by atoms with E-state index < -0.39 is 6.10 Å². The molecular formula is C13H14O4. The number of benzene rings is 1. The van der Waals surface area contributed by atoms with Crippen LogP contribution in [0.5, 0.6) is 0 Å². The molecule has 0 amide bonds. The van der Waals surface area contributed by atoms with Gasteiger partial charge in [0.05, 0.1) is 19.8 Å². The molecular weight excluding hydrogens is 220 g/mol. The quantitative estimate of drug-likeness (QED) is 0.877. The molecule has 0 spiro atoms. The van der Waals surface area contributed by atoms with Crippen molar-refractivity contribution in [3.8, 4) is 0 Å². The Morgan fingerprint density at radius 2 is 2.18 bits per heavy atom. The Bertz CT molecular complexity index is 468. The van der Waals surface area contributed by atoms with Crippen LogP contribution in [0.3, 0.4) is 0 Å². The summed E-state index contributed by atoms with van der Waals surface area (Å²) in [6.45, 7) is 1.48. The molecule has 1 aliphatic heterocycles. The first-order chi connectivity index (χ1) is 8.33. The molecule has 0 bridgehead atoms. The van der Waals surface area contributed by atoms with Crippen LogP contribution in [-0.4, -0.2) is 31.0 Å². The van der Waals surface area contributed by atoms with Crippen LogP contribution in [0.1, 0.15) is 11.9 Å². The SMILES string of the molecule is OC(COC1COC1)c1cc2ccccc2o1. The van der Waals surface area contributed by atoms with Gasteiger partial charge in [-0.15, -0.1) is 0 Å². The fraction of sp³-hybridized carbons (Fsp3) is 0.385. The molecule has 1 aromatic carbocycles. The van der Waals surface area contributed by atoms with Crippen LogP contribution in [0.25, 0.3) is 11.0 Å². The lowest BCUT2D eigenvalue weighted by molar-refractivity contribution is -0.144. The number of rotatable bonds is 4. The topological polar surface area (TPSA) is 51.8 Å². The van der Waals surface area contributed by atoms with E-state index in [9.17, 15) is 5.11 Å². The lowest BCUT2D eigenvalue weighted by atomic mass is 10.2. The normalized spacial score (nSPS) is 18.2. The van der Waals surface area contributed by atoms with Crippen molar-refractivity contribution >= 4 is 11.0 Å². The Morgan fingerprint density at radius 1 is 1.35 bits per heavy atom. The van der Waals surface area contributed by atoms with Crippen LogP contribution in [-0.2, 0) is 9.47 Å². The van der Waals surface area contributed by atoms with Crippen molar-refractivity contribution in [1.29, 1.82) is 0 Å². The van der Waals surface area contributed by atoms with E-state index in [2.05, 4.69) is 0 Å². The highest BCUT2D eigenvalue weighted by Crippen LogP contribution is 2.24. The van der Waals surface area contributed by atoms with Crippen LogP contribution >= 0.6 is 0 Å². The summed E-state index contributed by atoms with van der Waals surface area (Å²) < 4.78 is 16.0. The van der Waals surface area contributed by atoms with Gasteiger partial charge in [-0.25, -0.2) is 0 Å². The van der Waals surface area contributed by atoms with Crippen LogP contribution in [0.15, 0.2) is 34.7 Å². The van der Waals surface area contributed by atoms with Crippen molar-refractivity contribution in [3.05, 3.63) is 36.1 Å². The number of aliphatic hydroxyl groups excluding tert-OH is 1. The highest BCUT2D eigenvalue weighted by molar-refractivity contribution is 5.77. The molecule has 2 heterocycles. The molecule has 0 radical (unpaired) electrons. The van der Waals surface area contributed by atoms with Crippen LogP contribution < -0.4 is 0 Å². The summed E-state index contributed by atoms with van der Waals surface area (Å²) in [6, 6.07) is 9.53. The average Bonchev–Trinajstić information content (AvgIpc) is 2.70. The van der Waals surface area contributed by atoms with E-state index in [-0.39, 0.29) is 12.7 Å². The van der Waals surface area contributed by atoms with Gasteiger partial charge in [-0.1, -0.05) is 18.2 Å². The molecule has 0 saturated carbocycles. The van der Waals surface area contributed by atoms with Crippen molar-refractivity contribution < 1.29 is 19.0 Å². The van der Waals surface area contributed by atoms with E-state index in [0.717, 1.165) is 11.0 Å². The molecule has 3 rings (SSSR count). The maximum absolute atomic E-state index is 9.93. The molecule has 2 aromatic rings. The predicted octanol–water partition coefficient (Wildman–Crippen LogP) is 1.88. The molecule has 1 unspecified atom stereocenters. The summed E-state index contributed by atoms with van der Waals surface area (Å²) >= 11 is 0. The lowest BCUT2D eigenvalue weighted by Crippen LogP contribution is -2.37. The van der Waals surface area contributed by atoms with Crippen LogP contribution in [0.2, 0.25) is 0 Å². The second kappa shape index (κ2) is 4.49. The van der Waals surface area contributed by atoms with Gasteiger partial charge in [0.25, 0.3) is 0 Å². The number of hydrogen-bond acceptors (Lipinski definition) is 4. The van der Waals surface area contributed by atoms with E-state index in [1.54, 1.807) is 0 Å². The van der Waals surface area contributed by atoms with Crippen molar-refractivity contribution in [2.75, 3.05) is 19.8 Å². The Hall–Kier alpha value is -1.36. The Kier molecular flexibility index (Phi) is 2.84. The summed E-state index contributed by atoms with van der Waals surface area (Å²) in [5, 5.41) is 10.9. The molecule has 90 valence electrons. The zero-order valence-corrected chi connectivity index (χ0v) is 9.33. The van der Waals surface area contributed by atoms with Crippen LogP contribution in [0, 0.1) is 0 Å². The standard InChI is InChI=1S/C13H14O4/c14-11(8-16-10-6-15-7-10)13-5-9-3-1-2-4-12(9)17-13/h1-5,10-11,14H,6-8H2. The van der Waals surface area contributed by atoms with Gasteiger partial charge in [0, 0.05) is 5.39 Å². The number of para-hydroxylation sites is 1. The second-order valence-electron chi connectivity index (χ2n) is 4.20. The summed E-state index contributed by atoms with van der Waals surface area (Å²) in [4.78, 5) is 0. The Balaban J connectivity index is 1.69. The smallest absolute Gasteiger partial charge is 0.136 e. The highest BCUT2D eigenvalue weighted by atomic mass is 16.6. The number of furan rings is 1. The van der Waals surface area contributed by atoms with Crippen molar-refractivity contribution in [1.82, 2.24) is 0 Å². The van der Waals surface area contributed by atoms with Crippen molar-refractivity contribution in [3.63, 3.8) is 0 Å². The van der Waals surface area contributed by atoms with Crippen molar-refractivity contribution in [2.45, 2.75) is 12.2 Å². The third kappa shape index (κ3) is 2.20. The van der Waals surface area contributed by atoms with Gasteiger partial charge < -0.3 is 19.0 Å².